The van der Waals surface area contributed by atoms with Crippen LogP contribution in [0.4, 0.5) is 0 Å². The van der Waals surface area contributed by atoms with Crippen molar-refractivity contribution >= 4 is 17.1 Å². The van der Waals surface area contributed by atoms with E-state index < -0.39 is 0 Å². The number of benzene rings is 1. The van der Waals surface area contributed by atoms with Crippen molar-refractivity contribution in [2.75, 3.05) is 6.54 Å². The van der Waals surface area contributed by atoms with Crippen molar-refractivity contribution < 1.29 is 4.79 Å². The van der Waals surface area contributed by atoms with Gasteiger partial charge in [-0.15, -0.1) is 0 Å². The Balaban J connectivity index is 1.48. The molecule has 2 aliphatic rings. The summed E-state index contributed by atoms with van der Waals surface area (Å²) in [4.78, 5) is 36.2. The van der Waals surface area contributed by atoms with E-state index in [2.05, 4.69) is 39.2 Å². The van der Waals surface area contributed by atoms with E-state index in [1.165, 1.54) is 18.4 Å². The standard InChI is InChI=1S/C20H20N4O2/c25-19(13-9-16-18(21-10-13)23-20(26)22-16)24-11-15(12-5-2-1-3-6-12)14-7-4-8-17(14)24/h1-3,5-6,9-10,14-15,17H,4,7-8,11H2,(H2,21,22,23,26). The van der Waals surface area contributed by atoms with E-state index in [-0.39, 0.29) is 11.6 Å². The number of likely N-dealkylation sites (tertiary alicyclic amines) is 1. The number of imidazole rings is 1. The summed E-state index contributed by atoms with van der Waals surface area (Å²) in [6, 6.07) is 12.6. The fourth-order valence-corrected chi connectivity index (χ4v) is 4.80. The minimum atomic E-state index is -0.307. The number of nitrogens with zero attached hydrogens (tertiary/aromatic N) is 2. The van der Waals surface area contributed by atoms with Gasteiger partial charge in [0.25, 0.3) is 5.91 Å². The van der Waals surface area contributed by atoms with Crippen LogP contribution in [0.3, 0.4) is 0 Å². The first-order chi connectivity index (χ1) is 12.7. The number of hydrogen-bond acceptors (Lipinski definition) is 3. The van der Waals surface area contributed by atoms with Crippen LogP contribution in [0.2, 0.25) is 0 Å². The molecule has 1 aromatic carbocycles. The van der Waals surface area contributed by atoms with Crippen LogP contribution in [0.5, 0.6) is 0 Å². The van der Waals surface area contributed by atoms with Gasteiger partial charge in [0.2, 0.25) is 0 Å². The quantitative estimate of drug-likeness (QED) is 0.747. The second-order valence-electron chi connectivity index (χ2n) is 7.34. The number of nitrogens with one attached hydrogen (secondary N) is 2. The Morgan fingerprint density at radius 3 is 2.85 bits per heavy atom. The third kappa shape index (κ3) is 2.36. The first-order valence-corrected chi connectivity index (χ1v) is 9.14. The van der Waals surface area contributed by atoms with E-state index >= 15 is 0 Å². The zero-order chi connectivity index (χ0) is 17.7. The third-order valence-corrected chi connectivity index (χ3v) is 5.95. The molecule has 3 atom stereocenters. The Morgan fingerprint density at radius 1 is 1.15 bits per heavy atom. The number of H-pyrrole nitrogens is 2. The van der Waals surface area contributed by atoms with Crippen molar-refractivity contribution in [1.82, 2.24) is 19.9 Å². The molecular weight excluding hydrogens is 328 g/mol. The zero-order valence-corrected chi connectivity index (χ0v) is 14.3. The Hall–Kier alpha value is -2.89. The molecule has 3 unspecified atom stereocenters. The van der Waals surface area contributed by atoms with Crippen LogP contribution in [0.25, 0.3) is 11.2 Å². The number of pyridine rings is 1. The second kappa shape index (κ2) is 5.83. The van der Waals surface area contributed by atoms with Crippen molar-refractivity contribution in [3.8, 4) is 0 Å². The molecule has 26 heavy (non-hydrogen) atoms. The molecule has 1 saturated heterocycles. The van der Waals surface area contributed by atoms with Gasteiger partial charge in [-0.05, 0) is 30.4 Å². The highest BCUT2D eigenvalue weighted by Gasteiger charge is 2.46. The van der Waals surface area contributed by atoms with Gasteiger partial charge in [0, 0.05) is 24.7 Å². The lowest BCUT2D eigenvalue weighted by Gasteiger charge is -2.23. The second-order valence-corrected chi connectivity index (χ2v) is 7.34. The minimum Gasteiger partial charge on any atom is -0.335 e. The molecule has 2 aromatic heterocycles. The van der Waals surface area contributed by atoms with Crippen molar-refractivity contribution in [3.63, 3.8) is 0 Å². The number of fused-ring (bicyclic) bond motifs is 2. The first-order valence-electron chi connectivity index (χ1n) is 9.14. The summed E-state index contributed by atoms with van der Waals surface area (Å²) >= 11 is 0. The number of carbonyl (C=O) groups excluding carboxylic acids is 1. The van der Waals surface area contributed by atoms with Crippen LogP contribution in [0.1, 0.15) is 41.1 Å². The fourth-order valence-electron chi connectivity index (χ4n) is 4.80. The Labute approximate surface area is 150 Å². The fraction of sp³-hybridized carbons (Fsp3) is 0.350. The normalized spacial score (nSPS) is 24.9. The van der Waals surface area contributed by atoms with Gasteiger partial charge in [0.05, 0.1) is 11.1 Å². The molecule has 0 radical (unpaired) electrons. The van der Waals surface area contributed by atoms with Crippen LogP contribution in [0, 0.1) is 5.92 Å². The molecule has 0 bridgehead atoms. The molecule has 6 nitrogen and oxygen atoms in total. The largest absolute Gasteiger partial charge is 0.335 e. The SMILES string of the molecule is O=C(c1cnc2[nH]c(=O)[nH]c2c1)N1CC(c2ccccc2)C2CCCC21. The number of aromatic nitrogens is 3. The predicted molar refractivity (Wildman–Crippen MR) is 98.1 cm³/mol. The van der Waals surface area contributed by atoms with Crippen LogP contribution in [0.15, 0.2) is 47.4 Å². The van der Waals surface area contributed by atoms with Crippen molar-refractivity contribution in [3.05, 3.63) is 64.2 Å². The van der Waals surface area contributed by atoms with Crippen LogP contribution in [-0.4, -0.2) is 38.3 Å². The van der Waals surface area contributed by atoms with E-state index in [1.807, 2.05) is 11.0 Å². The molecule has 3 heterocycles. The van der Waals surface area contributed by atoms with Gasteiger partial charge in [-0.1, -0.05) is 36.8 Å². The third-order valence-electron chi connectivity index (χ3n) is 5.95. The average molecular weight is 348 g/mol. The molecule has 2 N–H and O–H groups in total. The molecule has 132 valence electrons. The highest BCUT2D eigenvalue weighted by atomic mass is 16.2. The van der Waals surface area contributed by atoms with Gasteiger partial charge in [-0.2, -0.15) is 0 Å². The zero-order valence-electron chi connectivity index (χ0n) is 14.3. The summed E-state index contributed by atoms with van der Waals surface area (Å²) < 4.78 is 0. The summed E-state index contributed by atoms with van der Waals surface area (Å²) in [6.07, 6.45) is 4.98. The number of rotatable bonds is 2. The van der Waals surface area contributed by atoms with Crippen LogP contribution < -0.4 is 5.69 Å². The Kier molecular flexibility index (Phi) is 3.45. The van der Waals surface area contributed by atoms with Crippen molar-refractivity contribution in [2.24, 2.45) is 5.92 Å². The molecule has 6 heteroatoms. The van der Waals surface area contributed by atoms with Gasteiger partial charge >= 0.3 is 5.69 Å². The van der Waals surface area contributed by atoms with Gasteiger partial charge in [-0.25, -0.2) is 9.78 Å². The average Bonchev–Trinajstić information content (AvgIpc) is 3.35. The smallest absolute Gasteiger partial charge is 0.325 e. The molecular formula is C20H20N4O2. The lowest BCUT2D eigenvalue weighted by Crippen LogP contribution is -2.36. The van der Waals surface area contributed by atoms with Crippen molar-refractivity contribution in [2.45, 2.75) is 31.2 Å². The molecule has 1 aliphatic heterocycles. The molecule has 3 aromatic rings. The van der Waals surface area contributed by atoms with Gasteiger partial charge in [0.1, 0.15) is 0 Å². The summed E-state index contributed by atoms with van der Waals surface area (Å²) in [6.45, 7) is 0.750. The summed E-state index contributed by atoms with van der Waals surface area (Å²) in [5.41, 5.74) is 2.60. The van der Waals surface area contributed by atoms with E-state index in [0.29, 0.717) is 34.6 Å². The van der Waals surface area contributed by atoms with Crippen LogP contribution >= 0.6 is 0 Å². The van der Waals surface area contributed by atoms with Gasteiger partial charge in [0.15, 0.2) is 5.65 Å². The number of carbonyl (C=O) groups is 1. The van der Waals surface area contributed by atoms with E-state index in [4.69, 9.17) is 0 Å². The molecule has 1 saturated carbocycles. The topological polar surface area (TPSA) is 81.8 Å². The summed E-state index contributed by atoms with van der Waals surface area (Å²) in [5, 5.41) is 0. The first kappa shape index (κ1) is 15.4. The van der Waals surface area contributed by atoms with Crippen molar-refractivity contribution in [1.29, 1.82) is 0 Å². The highest BCUT2D eigenvalue weighted by molar-refractivity contribution is 5.96. The summed E-state index contributed by atoms with van der Waals surface area (Å²) in [7, 11) is 0. The highest BCUT2D eigenvalue weighted by Crippen LogP contribution is 2.46. The van der Waals surface area contributed by atoms with Gasteiger partial charge in [-0.3, -0.25) is 9.78 Å². The lowest BCUT2D eigenvalue weighted by molar-refractivity contribution is 0.0728. The Morgan fingerprint density at radius 2 is 2.00 bits per heavy atom. The van der Waals surface area contributed by atoms with Gasteiger partial charge < -0.3 is 9.88 Å². The van der Waals surface area contributed by atoms with E-state index in [0.717, 1.165) is 13.0 Å². The molecule has 5 rings (SSSR count). The molecule has 1 amide bonds. The lowest BCUT2D eigenvalue weighted by atomic mass is 9.87. The van der Waals surface area contributed by atoms with E-state index in [9.17, 15) is 9.59 Å². The van der Waals surface area contributed by atoms with Crippen LogP contribution in [-0.2, 0) is 0 Å². The molecule has 1 aliphatic carbocycles. The summed E-state index contributed by atoms with van der Waals surface area (Å²) in [5.74, 6) is 0.943. The Bertz CT molecular complexity index is 1020. The maximum absolute atomic E-state index is 13.2. The number of hydrogen-bond donors (Lipinski definition) is 2. The molecule has 2 fully saturated rings. The number of amides is 1. The monoisotopic (exact) mass is 348 g/mol. The number of aromatic amines is 2. The van der Waals surface area contributed by atoms with E-state index in [1.54, 1.807) is 12.3 Å². The maximum Gasteiger partial charge on any atom is 0.325 e. The molecule has 0 spiro atoms. The predicted octanol–water partition coefficient (Wildman–Crippen LogP) is 2.66. The minimum absolute atomic E-state index is 0.0109. The maximum atomic E-state index is 13.2.